The monoisotopic (exact) mass is 243 g/mol. The molecule has 0 spiro atoms. The summed E-state index contributed by atoms with van der Waals surface area (Å²) in [5, 5.41) is 8.82. The third kappa shape index (κ3) is 4.73. The molecule has 0 bridgehead atoms. The first-order valence-corrected chi connectivity index (χ1v) is 6.13. The van der Waals surface area contributed by atoms with E-state index in [1.807, 2.05) is 13.8 Å². The van der Waals surface area contributed by atoms with E-state index < -0.39 is 11.9 Å². The van der Waals surface area contributed by atoms with Crippen LogP contribution >= 0.6 is 0 Å². The minimum atomic E-state index is -0.871. The van der Waals surface area contributed by atoms with Gasteiger partial charge in [0.2, 0.25) is 5.91 Å². The standard InChI is InChI=1S/C12H21NO4/c1-9(2)17-6-4-3-5-13-8-10(12(15)16)7-11(13)14/h9-10H,3-8H2,1-2H3,(H,15,16). The Hall–Kier alpha value is -1.10. The van der Waals surface area contributed by atoms with Crippen molar-refractivity contribution in [1.29, 1.82) is 0 Å². The fourth-order valence-corrected chi connectivity index (χ4v) is 1.88. The Kier molecular flexibility index (Phi) is 5.41. The van der Waals surface area contributed by atoms with Crippen LogP contribution in [0.5, 0.6) is 0 Å². The molecule has 0 radical (unpaired) electrons. The number of ether oxygens (including phenoxy) is 1. The van der Waals surface area contributed by atoms with E-state index in [2.05, 4.69) is 0 Å². The molecular weight excluding hydrogens is 222 g/mol. The summed E-state index contributed by atoms with van der Waals surface area (Å²) in [7, 11) is 0. The van der Waals surface area contributed by atoms with E-state index in [0.717, 1.165) is 12.8 Å². The first kappa shape index (κ1) is 14.0. The van der Waals surface area contributed by atoms with Gasteiger partial charge in [-0.05, 0) is 26.7 Å². The number of carbonyl (C=O) groups is 2. The van der Waals surface area contributed by atoms with Crippen LogP contribution in [0.15, 0.2) is 0 Å². The summed E-state index contributed by atoms with van der Waals surface area (Å²) in [6.07, 6.45) is 2.15. The number of carboxylic acids is 1. The fourth-order valence-electron chi connectivity index (χ4n) is 1.88. The maximum atomic E-state index is 11.5. The topological polar surface area (TPSA) is 66.8 Å². The largest absolute Gasteiger partial charge is 0.481 e. The summed E-state index contributed by atoms with van der Waals surface area (Å²) in [6, 6.07) is 0. The molecule has 5 heteroatoms. The summed E-state index contributed by atoms with van der Waals surface area (Å²) >= 11 is 0. The molecule has 98 valence electrons. The van der Waals surface area contributed by atoms with Crippen molar-refractivity contribution in [2.24, 2.45) is 5.92 Å². The van der Waals surface area contributed by atoms with Gasteiger partial charge in [0.1, 0.15) is 0 Å². The van der Waals surface area contributed by atoms with Crippen molar-refractivity contribution < 1.29 is 19.4 Å². The second-order valence-electron chi connectivity index (χ2n) is 4.71. The van der Waals surface area contributed by atoms with Crippen molar-refractivity contribution >= 4 is 11.9 Å². The van der Waals surface area contributed by atoms with E-state index in [4.69, 9.17) is 9.84 Å². The molecule has 0 aromatic heterocycles. The van der Waals surface area contributed by atoms with Gasteiger partial charge in [-0.25, -0.2) is 0 Å². The van der Waals surface area contributed by atoms with Gasteiger partial charge in [-0.2, -0.15) is 0 Å². The number of likely N-dealkylation sites (tertiary alicyclic amines) is 1. The molecule has 1 rings (SSSR count). The van der Waals surface area contributed by atoms with E-state index in [1.165, 1.54) is 0 Å². The lowest BCUT2D eigenvalue weighted by Gasteiger charge is -2.16. The number of carbonyl (C=O) groups excluding carboxylic acids is 1. The molecule has 1 unspecified atom stereocenters. The number of aliphatic carboxylic acids is 1. The highest BCUT2D eigenvalue weighted by molar-refractivity contribution is 5.86. The number of unbranched alkanes of at least 4 members (excludes halogenated alkanes) is 1. The van der Waals surface area contributed by atoms with Crippen molar-refractivity contribution in [1.82, 2.24) is 4.90 Å². The molecule has 17 heavy (non-hydrogen) atoms. The number of amides is 1. The van der Waals surface area contributed by atoms with Crippen molar-refractivity contribution in [3.8, 4) is 0 Å². The van der Waals surface area contributed by atoms with Crippen LogP contribution in [0.4, 0.5) is 0 Å². The molecule has 1 heterocycles. The van der Waals surface area contributed by atoms with Gasteiger partial charge in [0.05, 0.1) is 12.0 Å². The van der Waals surface area contributed by atoms with Gasteiger partial charge in [-0.1, -0.05) is 0 Å². The van der Waals surface area contributed by atoms with E-state index in [-0.39, 0.29) is 18.4 Å². The minimum Gasteiger partial charge on any atom is -0.481 e. The molecule has 0 aromatic rings. The van der Waals surface area contributed by atoms with Crippen molar-refractivity contribution in [3.63, 3.8) is 0 Å². The van der Waals surface area contributed by atoms with E-state index >= 15 is 0 Å². The molecule has 1 atom stereocenters. The van der Waals surface area contributed by atoms with E-state index in [0.29, 0.717) is 19.7 Å². The Bertz CT molecular complexity index is 278. The summed E-state index contributed by atoms with van der Waals surface area (Å²) in [5.41, 5.74) is 0. The van der Waals surface area contributed by atoms with Crippen molar-refractivity contribution in [2.75, 3.05) is 19.7 Å². The van der Waals surface area contributed by atoms with Crippen LogP contribution in [-0.2, 0) is 14.3 Å². The maximum Gasteiger partial charge on any atom is 0.308 e. The van der Waals surface area contributed by atoms with E-state index in [9.17, 15) is 9.59 Å². The molecule has 5 nitrogen and oxygen atoms in total. The van der Waals surface area contributed by atoms with Crippen LogP contribution < -0.4 is 0 Å². The minimum absolute atomic E-state index is 0.0397. The molecule has 1 aliphatic rings. The molecule has 1 saturated heterocycles. The number of hydrogen-bond donors (Lipinski definition) is 1. The highest BCUT2D eigenvalue weighted by Gasteiger charge is 2.33. The average Bonchev–Trinajstić information content (AvgIpc) is 2.59. The summed E-state index contributed by atoms with van der Waals surface area (Å²) in [5.74, 6) is -1.43. The lowest BCUT2D eigenvalue weighted by Crippen LogP contribution is -2.27. The zero-order chi connectivity index (χ0) is 12.8. The Labute approximate surface area is 102 Å². The summed E-state index contributed by atoms with van der Waals surface area (Å²) in [4.78, 5) is 23.9. The van der Waals surface area contributed by atoms with Gasteiger partial charge in [-0.15, -0.1) is 0 Å². The highest BCUT2D eigenvalue weighted by atomic mass is 16.5. The van der Waals surface area contributed by atoms with Crippen LogP contribution in [0.1, 0.15) is 33.1 Å². The number of carboxylic acid groups (broad SMARTS) is 1. The third-order valence-corrected chi connectivity index (χ3v) is 2.84. The number of nitrogens with zero attached hydrogens (tertiary/aromatic N) is 1. The predicted octanol–water partition coefficient (Wildman–Crippen LogP) is 1.12. The second-order valence-corrected chi connectivity index (χ2v) is 4.71. The fraction of sp³-hybridized carbons (Fsp3) is 0.833. The zero-order valence-electron chi connectivity index (χ0n) is 10.5. The first-order chi connectivity index (χ1) is 8.00. The first-order valence-electron chi connectivity index (χ1n) is 6.13. The summed E-state index contributed by atoms with van der Waals surface area (Å²) < 4.78 is 5.40. The number of hydrogen-bond acceptors (Lipinski definition) is 3. The Morgan fingerprint density at radius 2 is 2.24 bits per heavy atom. The van der Waals surface area contributed by atoms with Gasteiger partial charge < -0.3 is 14.7 Å². The molecule has 0 aromatic carbocycles. The van der Waals surface area contributed by atoms with Crippen LogP contribution in [0.25, 0.3) is 0 Å². The lowest BCUT2D eigenvalue weighted by molar-refractivity contribution is -0.141. The normalized spacial score (nSPS) is 20.3. The molecule has 1 N–H and O–H groups in total. The maximum absolute atomic E-state index is 11.5. The quantitative estimate of drug-likeness (QED) is 0.680. The third-order valence-electron chi connectivity index (χ3n) is 2.84. The van der Waals surface area contributed by atoms with Gasteiger partial charge >= 0.3 is 5.97 Å². The van der Waals surface area contributed by atoms with Gasteiger partial charge in [0.25, 0.3) is 0 Å². The molecule has 1 aliphatic heterocycles. The second kappa shape index (κ2) is 6.59. The summed E-state index contributed by atoms with van der Waals surface area (Å²) in [6.45, 7) is 5.67. The van der Waals surface area contributed by atoms with Gasteiger partial charge in [0.15, 0.2) is 0 Å². The Balaban J connectivity index is 2.15. The van der Waals surface area contributed by atoms with Gasteiger partial charge in [-0.3, -0.25) is 9.59 Å². The van der Waals surface area contributed by atoms with Crippen molar-refractivity contribution in [2.45, 2.75) is 39.2 Å². The molecular formula is C12H21NO4. The lowest BCUT2D eigenvalue weighted by atomic mass is 10.1. The predicted molar refractivity (Wildman–Crippen MR) is 62.6 cm³/mol. The van der Waals surface area contributed by atoms with Crippen molar-refractivity contribution in [3.05, 3.63) is 0 Å². The smallest absolute Gasteiger partial charge is 0.308 e. The zero-order valence-corrected chi connectivity index (χ0v) is 10.5. The SMILES string of the molecule is CC(C)OCCCCN1CC(C(=O)O)CC1=O. The van der Waals surface area contributed by atoms with Crippen LogP contribution in [0.3, 0.4) is 0 Å². The molecule has 1 amide bonds. The van der Waals surface area contributed by atoms with E-state index in [1.54, 1.807) is 4.90 Å². The van der Waals surface area contributed by atoms with Gasteiger partial charge in [0, 0.05) is 26.1 Å². The average molecular weight is 243 g/mol. The molecule has 0 saturated carbocycles. The van der Waals surface area contributed by atoms with Crippen LogP contribution in [0, 0.1) is 5.92 Å². The Morgan fingerprint density at radius 1 is 1.53 bits per heavy atom. The highest BCUT2D eigenvalue weighted by Crippen LogP contribution is 2.18. The van der Waals surface area contributed by atoms with Crippen LogP contribution in [-0.4, -0.2) is 47.7 Å². The Morgan fingerprint density at radius 3 is 2.76 bits per heavy atom. The molecule has 1 fully saturated rings. The van der Waals surface area contributed by atoms with Crippen LogP contribution in [0.2, 0.25) is 0 Å². The molecule has 0 aliphatic carbocycles. The number of rotatable bonds is 7.